The second-order valence-electron chi connectivity index (χ2n) is 11.9. The summed E-state index contributed by atoms with van der Waals surface area (Å²) >= 11 is 0. The molecule has 0 bridgehead atoms. The number of ketones is 1. The van der Waals surface area contributed by atoms with Crippen LogP contribution in [0.25, 0.3) is 22.3 Å². The molecule has 0 spiro atoms. The number of benzene rings is 4. The molecule has 9 nitrogen and oxygen atoms in total. The van der Waals surface area contributed by atoms with Crippen molar-refractivity contribution >= 4 is 5.78 Å². The molecule has 5 rings (SSSR count). The minimum absolute atomic E-state index is 0.00531. The summed E-state index contributed by atoms with van der Waals surface area (Å²) in [7, 11) is 0. The van der Waals surface area contributed by atoms with E-state index in [9.17, 15) is 4.79 Å². The van der Waals surface area contributed by atoms with Gasteiger partial charge in [-0.15, -0.1) is 0 Å². The lowest BCUT2D eigenvalue weighted by Crippen LogP contribution is -2.08. The van der Waals surface area contributed by atoms with Crippen LogP contribution >= 0.6 is 0 Å². The number of aryl methyl sites for hydroxylation is 2. The number of fused-ring (bicyclic) bond motifs is 2. The molecule has 0 amide bonds. The first-order valence-electron chi connectivity index (χ1n) is 17.0. The molecule has 0 saturated heterocycles. The fourth-order valence-electron chi connectivity index (χ4n) is 5.69. The number of ether oxygens (including phenoxy) is 4. The van der Waals surface area contributed by atoms with Gasteiger partial charge in [-0.25, -0.2) is 0 Å². The van der Waals surface area contributed by atoms with Crippen molar-refractivity contribution in [2.45, 2.75) is 38.5 Å². The smallest absolute Gasteiger partial charge is 0.193 e. The third-order valence-electron chi connectivity index (χ3n) is 8.27. The molecule has 4 aromatic carbocycles. The molecule has 0 atom stereocenters. The van der Waals surface area contributed by atoms with Crippen LogP contribution in [0.3, 0.4) is 0 Å². The van der Waals surface area contributed by atoms with E-state index >= 15 is 0 Å². The summed E-state index contributed by atoms with van der Waals surface area (Å²) < 4.78 is 24.0. The van der Waals surface area contributed by atoms with Crippen LogP contribution in [0.1, 0.15) is 52.7 Å². The molecule has 0 fully saturated rings. The molecular formula is C39H48N4O5. The summed E-state index contributed by atoms with van der Waals surface area (Å²) in [5.41, 5.74) is 29.8. The van der Waals surface area contributed by atoms with Crippen molar-refractivity contribution in [3.63, 3.8) is 0 Å². The normalized spacial score (nSPS) is 12.2. The molecule has 9 heteroatoms. The van der Waals surface area contributed by atoms with Gasteiger partial charge in [0.25, 0.3) is 0 Å². The van der Waals surface area contributed by atoms with Crippen LogP contribution in [0.4, 0.5) is 0 Å². The second-order valence-corrected chi connectivity index (χ2v) is 11.9. The van der Waals surface area contributed by atoms with Crippen molar-refractivity contribution in [3.8, 4) is 45.3 Å². The molecule has 0 radical (unpaired) electrons. The zero-order chi connectivity index (χ0) is 33.7. The Labute approximate surface area is 283 Å². The van der Waals surface area contributed by atoms with Crippen LogP contribution in [-0.2, 0) is 12.8 Å². The minimum Gasteiger partial charge on any atom is -0.493 e. The Balaban J connectivity index is 1.48. The zero-order valence-corrected chi connectivity index (χ0v) is 27.7. The molecule has 0 aliphatic heterocycles. The maximum absolute atomic E-state index is 14.3. The van der Waals surface area contributed by atoms with Gasteiger partial charge in [0.2, 0.25) is 0 Å². The maximum atomic E-state index is 14.3. The third kappa shape index (κ3) is 9.14. The molecule has 8 N–H and O–H groups in total. The van der Waals surface area contributed by atoms with Gasteiger partial charge < -0.3 is 41.9 Å². The Kier molecular flexibility index (Phi) is 12.8. The summed E-state index contributed by atoms with van der Waals surface area (Å²) in [5.74, 6) is 2.79. The van der Waals surface area contributed by atoms with Gasteiger partial charge in [-0.1, -0.05) is 24.3 Å². The van der Waals surface area contributed by atoms with Crippen molar-refractivity contribution in [1.82, 2.24) is 0 Å². The van der Waals surface area contributed by atoms with Crippen LogP contribution in [0.5, 0.6) is 23.0 Å². The van der Waals surface area contributed by atoms with Gasteiger partial charge in [-0.3, -0.25) is 4.79 Å². The fourth-order valence-corrected chi connectivity index (χ4v) is 5.69. The summed E-state index contributed by atoms with van der Waals surface area (Å²) in [6.07, 6.45) is 4.53. The molecule has 0 heterocycles. The molecule has 48 heavy (non-hydrogen) atoms. The number of hydrogen-bond acceptors (Lipinski definition) is 9. The van der Waals surface area contributed by atoms with Crippen LogP contribution in [0.15, 0.2) is 72.8 Å². The van der Waals surface area contributed by atoms with Crippen LogP contribution in [0.2, 0.25) is 0 Å². The van der Waals surface area contributed by atoms with Gasteiger partial charge >= 0.3 is 0 Å². The topological polar surface area (TPSA) is 158 Å². The molecule has 254 valence electrons. The number of carbonyl (C=O) groups is 1. The van der Waals surface area contributed by atoms with E-state index in [1.807, 2.05) is 48.5 Å². The Morgan fingerprint density at radius 3 is 1.08 bits per heavy atom. The van der Waals surface area contributed by atoms with Gasteiger partial charge in [-0.2, -0.15) is 0 Å². The van der Waals surface area contributed by atoms with Crippen LogP contribution in [-0.4, -0.2) is 58.4 Å². The number of rotatable bonds is 18. The maximum Gasteiger partial charge on any atom is 0.193 e. The van der Waals surface area contributed by atoms with E-state index in [2.05, 4.69) is 24.3 Å². The number of nitrogens with two attached hydrogens (primary N) is 4. The Hall–Kier alpha value is -4.41. The van der Waals surface area contributed by atoms with E-state index in [-0.39, 0.29) is 5.78 Å². The predicted octanol–water partition coefficient (Wildman–Crippen LogP) is 5.26. The third-order valence-corrected chi connectivity index (χ3v) is 8.27. The van der Waals surface area contributed by atoms with Crippen molar-refractivity contribution < 1.29 is 23.7 Å². The van der Waals surface area contributed by atoms with Gasteiger partial charge in [0.05, 0.1) is 26.4 Å². The summed E-state index contributed by atoms with van der Waals surface area (Å²) in [6.45, 7) is 4.23. The van der Waals surface area contributed by atoms with E-state index in [0.717, 1.165) is 71.9 Å². The molecule has 0 saturated carbocycles. The molecular weight excluding hydrogens is 604 g/mol. The summed E-state index contributed by atoms with van der Waals surface area (Å²) in [6, 6.07) is 24.0. The summed E-state index contributed by atoms with van der Waals surface area (Å²) in [5, 5.41) is 0. The largest absolute Gasteiger partial charge is 0.493 e. The Morgan fingerprint density at radius 2 is 0.771 bits per heavy atom. The molecule has 1 aliphatic rings. The van der Waals surface area contributed by atoms with Gasteiger partial charge in [-0.05, 0) is 134 Å². The number of hydrogen-bond donors (Lipinski definition) is 4. The first kappa shape index (κ1) is 34.9. The van der Waals surface area contributed by atoms with Gasteiger partial charge in [0.1, 0.15) is 23.0 Å². The zero-order valence-electron chi connectivity index (χ0n) is 27.7. The lowest BCUT2D eigenvalue weighted by molar-refractivity contribution is 0.103. The van der Waals surface area contributed by atoms with E-state index in [1.165, 1.54) is 0 Å². The standard InChI is InChI=1S/C39H48N4O5/c40-11-1-15-45-33-19-31(20-34(25-33)46-16-2-12-41)29-9-7-27-5-6-28-8-10-30(24-38(28)39(44)37(27)23-29)32-21-35(47-17-3-13-42)26-36(22-32)48-18-4-14-43/h7-10,19-26H,1-6,11-18,40-43H2. The Morgan fingerprint density at radius 1 is 0.438 bits per heavy atom. The van der Waals surface area contributed by atoms with Crippen molar-refractivity contribution in [2.75, 3.05) is 52.6 Å². The predicted molar refractivity (Wildman–Crippen MR) is 191 cm³/mol. The van der Waals surface area contributed by atoms with E-state index < -0.39 is 0 Å². The highest BCUT2D eigenvalue weighted by molar-refractivity contribution is 6.12. The molecule has 1 aliphatic carbocycles. The quantitative estimate of drug-likeness (QED) is 0.105. The van der Waals surface area contributed by atoms with E-state index in [1.54, 1.807) is 0 Å². The van der Waals surface area contributed by atoms with E-state index in [0.29, 0.717) is 86.7 Å². The lowest BCUT2D eigenvalue weighted by atomic mass is 9.92. The molecule has 4 aromatic rings. The number of carbonyl (C=O) groups excluding carboxylic acids is 1. The first-order chi connectivity index (χ1) is 23.5. The lowest BCUT2D eigenvalue weighted by Gasteiger charge is -2.14. The molecule has 0 aromatic heterocycles. The summed E-state index contributed by atoms with van der Waals surface area (Å²) in [4.78, 5) is 14.3. The molecule has 0 unspecified atom stereocenters. The second kappa shape index (κ2) is 17.7. The highest BCUT2D eigenvalue weighted by Crippen LogP contribution is 2.36. The Bertz CT molecular complexity index is 1500. The average molecular weight is 653 g/mol. The first-order valence-corrected chi connectivity index (χ1v) is 17.0. The highest BCUT2D eigenvalue weighted by atomic mass is 16.5. The van der Waals surface area contributed by atoms with Gasteiger partial charge in [0.15, 0.2) is 5.78 Å². The van der Waals surface area contributed by atoms with Crippen molar-refractivity contribution in [3.05, 3.63) is 95.1 Å². The van der Waals surface area contributed by atoms with Crippen LogP contribution < -0.4 is 41.9 Å². The SMILES string of the molecule is NCCCOc1cc(OCCCN)cc(-c2ccc3c(c2)C(=O)c2cc(-c4cc(OCCCN)cc(OCCCN)c4)ccc2CC3)c1. The van der Waals surface area contributed by atoms with Crippen molar-refractivity contribution in [1.29, 1.82) is 0 Å². The average Bonchev–Trinajstić information content (AvgIpc) is 3.24. The highest BCUT2D eigenvalue weighted by Gasteiger charge is 2.23. The minimum atomic E-state index is 0.00531. The van der Waals surface area contributed by atoms with Crippen molar-refractivity contribution in [2.24, 2.45) is 22.9 Å². The monoisotopic (exact) mass is 652 g/mol. The van der Waals surface area contributed by atoms with Gasteiger partial charge in [0, 0.05) is 23.3 Å². The fraction of sp³-hybridized carbons (Fsp3) is 0.359. The van der Waals surface area contributed by atoms with Crippen LogP contribution in [0, 0.1) is 0 Å². The van der Waals surface area contributed by atoms with E-state index in [4.69, 9.17) is 41.9 Å².